The smallest absolute Gasteiger partial charge is 0.221 e. The molecule has 9 nitrogen and oxygen atoms in total. The number of rotatable bonds is 9. The standard InChI is InChI=1S/C35H36BFN8O/c1-21(46)41-26-11-5-22(6-12-26)29-15-27(16-30-32(40-20-34(2,3)4)23(17-38)18-39-33(29)30)42-35(36,24-7-9-25(37)10-8-24)31-19-45(44-43-31)28-13-14-28/h5-12,15-16,18-19,28,42H,13-14,20,36H2,1-4H3,(H,39,40)(H,41,46). The Labute approximate surface area is 268 Å². The van der Waals surface area contributed by atoms with E-state index in [2.05, 4.69) is 53.1 Å². The quantitative estimate of drug-likeness (QED) is 0.169. The van der Waals surface area contributed by atoms with Gasteiger partial charge < -0.3 is 16.0 Å². The summed E-state index contributed by atoms with van der Waals surface area (Å²) in [5, 5.41) is 29.9. The van der Waals surface area contributed by atoms with Crippen molar-refractivity contribution in [3.63, 3.8) is 0 Å². The number of nitrogens with zero attached hydrogens (tertiary/aromatic N) is 5. The van der Waals surface area contributed by atoms with E-state index in [1.165, 1.54) is 19.1 Å². The van der Waals surface area contributed by atoms with Crippen molar-refractivity contribution in [3.05, 3.63) is 95.7 Å². The fourth-order valence-corrected chi connectivity index (χ4v) is 5.54. The number of nitrogens with one attached hydrogen (secondary N) is 3. The molecule has 0 spiro atoms. The Kier molecular flexibility index (Phi) is 7.98. The lowest BCUT2D eigenvalue weighted by atomic mass is 9.69. The van der Waals surface area contributed by atoms with Gasteiger partial charge in [-0.25, -0.2) is 9.07 Å². The predicted molar refractivity (Wildman–Crippen MR) is 182 cm³/mol. The van der Waals surface area contributed by atoms with Crippen LogP contribution in [0.1, 0.15) is 63.4 Å². The highest BCUT2D eigenvalue weighted by Crippen LogP contribution is 2.40. The average Bonchev–Trinajstić information content (AvgIpc) is 3.74. The fraction of sp³-hybridized carbons (Fsp3) is 0.286. The maximum absolute atomic E-state index is 14.1. The first kappa shape index (κ1) is 30.8. The lowest BCUT2D eigenvalue weighted by molar-refractivity contribution is -0.114. The zero-order valence-electron chi connectivity index (χ0n) is 26.6. The Hall–Kier alpha value is -5.24. The Bertz CT molecular complexity index is 1960. The second-order valence-electron chi connectivity index (χ2n) is 13.3. The molecule has 1 atom stereocenters. The molecule has 5 aromatic rings. The molecule has 46 heavy (non-hydrogen) atoms. The number of carbonyl (C=O) groups is 1. The number of amides is 1. The summed E-state index contributed by atoms with van der Waals surface area (Å²) >= 11 is 0. The molecule has 232 valence electrons. The summed E-state index contributed by atoms with van der Waals surface area (Å²) in [6.45, 7) is 8.51. The van der Waals surface area contributed by atoms with Gasteiger partial charge in [0, 0.05) is 42.0 Å². The van der Waals surface area contributed by atoms with E-state index in [0.717, 1.165) is 46.1 Å². The number of pyridine rings is 1. The zero-order chi connectivity index (χ0) is 32.6. The van der Waals surface area contributed by atoms with E-state index in [-0.39, 0.29) is 17.1 Å². The maximum atomic E-state index is 14.1. The number of carbonyl (C=O) groups excluding carboxylic acids is 1. The van der Waals surface area contributed by atoms with Gasteiger partial charge in [-0.3, -0.25) is 9.78 Å². The molecule has 1 saturated carbocycles. The van der Waals surface area contributed by atoms with Crippen LogP contribution >= 0.6 is 0 Å². The molecule has 1 amide bonds. The van der Waals surface area contributed by atoms with Gasteiger partial charge in [-0.2, -0.15) is 5.26 Å². The minimum atomic E-state index is -0.889. The Morgan fingerprint density at radius 3 is 2.43 bits per heavy atom. The van der Waals surface area contributed by atoms with Crippen molar-refractivity contribution in [1.82, 2.24) is 20.0 Å². The number of nitriles is 1. The molecule has 0 bridgehead atoms. The normalized spacial score (nSPS) is 14.3. The third kappa shape index (κ3) is 6.42. The largest absolute Gasteiger partial charge is 0.383 e. The van der Waals surface area contributed by atoms with Crippen LogP contribution in [0.2, 0.25) is 0 Å². The second kappa shape index (κ2) is 11.9. The van der Waals surface area contributed by atoms with E-state index in [1.807, 2.05) is 55.1 Å². The maximum Gasteiger partial charge on any atom is 0.221 e. The van der Waals surface area contributed by atoms with Crippen molar-refractivity contribution in [2.45, 2.75) is 52.0 Å². The minimum absolute atomic E-state index is 0.0465. The zero-order valence-corrected chi connectivity index (χ0v) is 26.6. The SMILES string of the molecule is BC(Nc1cc(-c2ccc(NC(C)=O)cc2)c2ncc(C#N)c(NCC(C)(C)C)c2c1)(c1ccc(F)cc1)c1cn(C2CC2)nn1. The van der Waals surface area contributed by atoms with Crippen molar-refractivity contribution in [2.75, 3.05) is 22.5 Å². The van der Waals surface area contributed by atoms with Crippen LogP contribution in [0.3, 0.4) is 0 Å². The van der Waals surface area contributed by atoms with Gasteiger partial charge in [0.25, 0.3) is 0 Å². The molecule has 3 N–H and O–H groups in total. The monoisotopic (exact) mass is 614 g/mol. The first-order valence-electron chi connectivity index (χ1n) is 15.4. The van der Waals surface area contributed by atoms with Gasteiger partial charge in [-0.1, -0.05) is 50.3 Å². The first-order chi connectivity index (χ1) is 21.9. The topological polar surface area (TPSA) is 121 Å². The van der Waals surface area contributed by atoms with Crippen LogP contribution in [-0.4, -0.2) is 40.3 Å². The Morgan fingerprint density at radius 1 is 1.09 bits per heavy atom. The van der Waals surface area contributed by atoms with Gasteiger partial charge in [-0.15, -0.1) is 5.10 Å². The molecule has 0 radical (unpaired) electrons. The summed E-state index contributed by atoms with van der Waals surface area (Å²) in [6, 6.07) is 20.7. The highest BCUT2D eigenvalue weighted by Gasteiger charge is 2.34. The molecular formula is C35H36BFN8O. The van der Waals surface area contributed by atoms with Crippen LogP contribution in [-0.2, 0) is 10.2 Å². The molecule has 0 aliphatic heterocycles. The molecule has 6 rings (SSSR count). The van der Waals surface area contributed by atoms with Gasteiger partial charge in [-0.05, 0) is 65.8 Å². The van der Waals surface area contributed by atoms with Crippen LogP contribution < -0.4 is 16.0 Å². The van der Waals surface area contributed by atoms with Gasteiger partial charge >= 0.3 is 0 Å². The summed E-state index contributed by atoms with van der Waals surface area (Å²) in [5.74, 6) is -0.475. The van der Waals surface area contributed by atoms with E-state index in [1.54, 1.807) is 18.3 Å². The van der Waals surface area contributed by atoms with Gasteiger partial charge in [0.15, 0.2) is 0 Å². The summed E-state index contributed by atoms with van der Waals surface area (Å²) in [5.41, 5.74) is 5.58. The van der Waals surface area contributed by atoms with Gasteiger partial charge in [0.1, 0.15) is 25.4 Å². The van der Waals surface area contributed by atoms with Crippen molar-refractivity contribution >= 4 is 41.7 Å². The number of halogens is 1. The summed E-state index contributed by atoms with van der Waals surface area (Å²) in [4.78, 5) is 16.4. The number of anilines is 3. The van der Waals surface area contributed by atoms with Crippen molar-refractivity contribution in [2.24, 2.45) is 5.41 Å². The van der Waals surface area contributed by atoms with E-state index in [0.29, 0.717) is 35.2 Å². The Balaban J connectivity index is 1.54. The van der Waals surface area contributed by atoms with Crippen molar-refractivity contribution in [3.8, 4) is 17.2 Å². The highest BCUT2D eigenvalue weighted by molar-refractivity contribution is 6.19. The highest BCUT2D eigenvalue weighted by atomic mass is 19.1. The molecule has 0 saturated heterocycles. The number of aromatic nitrogens is 4. The van der Waals surface area contributed by atoms with Crippen LogP contribution in [0.4, 0.5) is 21.5 Å². The van der Waals surface area contributed by atoms with Crippen LogP contribution in [0.25, 0.3) is 22.0 Å². The van der Waals surface area contributed by atoms with E-state index >= 15 is 0 Å². The van der Waals surface area contributed by atoms with E-state index in [9.17, 15) is 14.4 Å². The lowest BCUT2D eigenvalue weighted by Gasteiger charge is -2.31. The van der Waals surface area contributed by atoms with E-state index in [4.69, 9.17) is 4.98 Å². The van der Waals surface area contributed by atoms with Gasteiger partial charge in [0.05, 0.1) is 34.4 Å². The molecule has 3 aromatic carbocycles. The average molecular weight is 615 g/mol. The second-order valence-corrected chi connectivity index (χ2v) is 13.3. The molecule has 2 heterocycles. The van der Waals surface area contributed by atoms with Crippen LogP contribution in [0.15, 0.2) is 73.1 Å². The summed E-state index contributed by atoms with van der Waals surface area (Å²) in [6.07, 6.45) is 5.70. The number of hydrogen-bond donors (Lipinski definition) is 3. The van der Waals surface area contributed by atoms with Crippen LogP contribution in [0.5, 0.6) is 0 Å². The van der Waals surface area contributed by atoms with E-state index < -0.39 is 5.44 Å². The van der Waals surface area contributed by atoms with Crippen molar-refractivity contribution in [1.29, 1.82) is 5.26 Å². The molecule has 1 aliphatic carbocycles. The molecule has 1 fully saturated rings. The number of fused-ring (bicyclic) bond motifs is 1. The predicted octanol–water partition coefficient (Wildman–Crippen LogP) is 6.20. The van der Waals surface area contributed by atoms with Crippen LogP contribution in [0, 0.1) is 22.6 Å². The summed E-state index contributed by atoms with van der Waals surface area (Å²) in [7, 11) is 2.01. The van der Waals surface area contributed by atoms with Crippen molar-refractivity contribution < 1.29 is 9.18 Å². The van der Waals surface area contributed by atoms with Gasteiger partial charge in [0.2, 0.25) is 5.91 Å². The molecule has 2 aromatic heterocycles. The molecular weight excluding hydrogens is 578 g/mol. The summed E-state index contributed by atoms with van der Waals surface area (Å²) < 4.78 is 16.0. The fourth-order valence-electron chi connectivity index (χ4n) is 5.54. The molecule has 11 heteroatoms. The lowest BCUT2D eigenvalue weighted by Crippen LogP contribution is -2.37. The minimum Gasteiger partial charge on any atom is -0.383 e. The number of benzene rings is 3. The third-order valence-corrected chi connectivity index (χ3v) is 8.16. The molecule has 1 aliphatic rings. The third-order valence-electron chi connectivity index (χ3n) is 8.16. The Morgan fingerprint density at radius 2 is 1.80 bits per heavy atom. The molecule has 1 unspecified atom stereocenters. The first-order valence-corrected chi connectivity index (χ1v) is 15.4. The number of hydrogen-bond acceptors (Lipinski definition) is 7.